The second kappa shape index (κ2) is 9.56. The molecule has 4 rings (SSSR count). The zero-order valence-electron chi connectivity index (χ0n) is 16.3. The Labute approximate surface area is 183 Å². The lowest BCUT2D eigenvalue weighted by atomic mass is 10.0. The van der Waals surface area contributed by atoms with Crippen LogP contribution >= 0.6 is 23.1 Å². The number of rotatable bonds is 6. The number of pyridine rings is 1. The molecule has 2 aromatic heterocycles. The van der Waals surface area contributed by atoms with Crippen molar-refractivity contribution in [3.63, 3.8) is 0 Å². The zero-order valence-corrected chi connectivity index (χ0v) is 17.9. The topological polar surface area (TPSA) is 66.9 Å². The quantitative estimate of drug-likeness (QED) is 0.397. The zero-order chi connectivity index (χ0) is 20.8. The van der Waals surface area contributed by atoms with E-state index in [2.05, 4.69) is 20.6 Å². The fourth-order valence-electron chi connectivity index (χ4n) is 2.90. The van der Waals surface area contributed by atoms with E-state index in [0.717, 1.165) is 31.9 Å². The van der Waals surface area contributed by atoms with E-state index < -0.39 is 0 Å². The molecule has 1 unspecified atom stereocenters. The highest BCUT2D eigenvalue weighted by Crippen LogP contribution is 2.31. The van der Waals surface area contributed by atoms with Crippen LogP contribution in [0, 0.1) is 6.92 Å². The third kappa shape index (κ3) is 5.25. The Hall–Kier alpha value is -3.16. The standard InChI is InChI=1S/C23H20N4OS2/c1-16-15-29-23(25-16)30-19-12-10-18(11-13-19)26-22(28)27-21(17-7-3-2-4-8-17)20-9-5-6-14-24-20/h2-15,21H,1H3,(H2,26,27,28). The highest BCUT2D eigenvalue weighted by atomic mass is 32.2. The molecule has 2 amide bonds. The number of urea groups is 1. The molecule has 2 N–H and O–H groups in total. The molecule has 7 heteroatoms. The van der Waals surface area contributed by atoms with Crippen LogP contribution in [0.25, 0.3) is 0 Å². The van der Waals surface area contributed by atoms with Gasteiger partial charge in [-0.15, -0.1) is 11.3 Å². The molecule has 2 heterocycles. The van der Waals surface area contributed by atoms with Crippen molar-refractivity contribution in [1.82, 2.24) is 15.3 Å². The molecule has 30 heavy (non-hydrogen) atoms. The molecule has 0 bridgehead atoms. The van der Waals surface area contributed by atoms with Crippen molar-refractivity contribution in [1.29, 1.82) is 0 Å². The van der Waals surface area contributed by atoms with Gasteiger partial charge in [0.2, 0.25) is 0 Å². The largest absolute Gasteiger partial charge is 0.325 e. The highest BCUT2D eigenvalue weighted by molar-refractivity contribution is 8.01. The molecule has 0 aliphatic carbocycles. The van der Waals surface area contributed by atoms with E-state index >= 15 is 0 Å². The van der Waals surface area contributed by atoms with Gasteiger partial charge in [-0.25, -0.2) is 9.78 Å². The van der Waals surface area contributed by atoms with Gasteiger partial charge in [-0.05, 0) is 48.9 Å². The second-order valence-corrected chi connectivity index (χ2v) is 8.76. The Morgan fingerprint density at radius 2 is 1.77 bits per heavy atom. The van der Waals surface area contributed by atoms with Gasteiger partial charge in [0.15, 0.2) is 4.34 Å². The number of amides is 2. The summed E-state index contributed by atoms with van der Waals surface area (Å²) in [6.45, 7) is 1.99. The maximum absolute atomic E-state index is 12.7. The van der Waals surface area contributed by atoms with Crippen LogP contribution in [-0.2, 0) is 0 Å². The molecule has 0 spiro atoms. The van der Waals surface area contributed by atoms with Gasteiger partial charge >= 0.3 is 6.03 Å². The summed E-state index contributed by atoms with van der Waals surface area (Å²) in [5, 5.41) is 7.97. The molecule has 0 aliphatic heterocycles. The molecule has 2 aromatic carbocycles. The average molecular weight is 433 g/mol. The molecule has 0 aliphatic rings. The van der Waals surface area contributed by atoms with E-state index in [0.29, 0.717) is 0 Å². The van der Waals surface area contributed by atoms with E-state index in [9.17, 15) is 4.79 Å². The van der Waals surface area contributed by atoms with Crippen molar-refractivity contribution in [2.45, 2.75) is 22.2 Å². The number of carbonyl (C=O) groups is 1. The monoisotopic (exact) mass is 432 g/mol. The third-order valence-electron chi connectivity index (χ3n) is 4.31. The van der Waals surface area contributed by atoms with Crippen molar-refractivity contribution in [3.8, 4) is 0 Å². The fourth-order valence-corrected chi connectivity index (χ4v) is 4.71. The lowest BCUT2D eigenvalue weighted by molar-refractivity contribution is 0.250. The van der Waals surface area contributed by atoms with Gasteiger partial charge < -0.3 is 10.6 Å². The molecule has 150 valence electrons. The van der Waals surface area contributed by atoms with Crippen LogP contribution in [-0.4, -0.2) is 16.0 Å². The summed E-state index contributed by atoms with van der Waals surface area (Å²) in [7, 11) is 0. The first kappa shape index (κ1) is 20.1. The molecule has 0 fully saturated rings. The van der Waals surface area contributed by atoms with E-state index in [1.54, 1.807) is 29.3 Å². The maximum Gasteiger partial charge on any atom is 0.320 e. The summed E-state index contributed by atoms with van der Waals surface area (Å²) in [6, 6.07) is 22.6. The Morgan fingerprint density at radius 3 is 2.43 bits per heavy atom. The predicted molar refractivity (Wildman–Crippen MR) is 122 cm³/mol. The van der Waals surface area contributed by atoms with E-state index in [1.807, 2.05) is 85.1 Å². The number of nitrogens with zero attached hydrogens (tertiary/aromatic N) is 2. The maximum atomic E-state index is 12.7. The van der Waals surface area contributed by atoms with Gasteiger partial charge in [0.05, 0.1) is 11.7 Å². The Balaban J connectivity index is 1.43. The van der Waals surface area contributed by atoms with Crippen molar-refractivity contribution < 1.29 is 4.79 Å². The number of thiazole rings is 1. The minimum atomic E-state index is -0.338. The van der Waals surface area contributed by atoms with Gasteiger partial charge in [0, 0.05) is 27.9 Å². The van der Waals surface area contributed by atoms with Gasteiger partial charge in [-0.1, -0.05) is 48.2 Å². The van der Waals surface area contributed by atoms with Gasteiger partial charge in [0.1, 0.15) is 0 Å². The summed E-state index contributed by atoms with van der Waals surface area (Å²) < 4.78 is 1.01. The summed E-state index contributed by atoms with van der Waals surface area (Å²) in [4.78, 5) is 22.6. The number of aryl methyl sites for hydroxylation is 1. The first-order valence-electron chi connectivity index (χ1n) is 9.41. The number of hydrogen-bond acceptors (Lipinski definition) is 5. The lowest BCUT2D eigenvalue weighted by Gasteiger charge is -2.19. The van der Waals surface area contributed by atoms with Crippen LogP contribution in [0.2, 0.25) is 0 Å². The first-order chi connectivity index (χ1) is 14.7. The second-order valence-electron chi connectivity index (χ2n) is 6.58. The smallest absolute Gasteiger partial charge is 0.320 e. The lowest BCUT2D eigenvalue weighted by Crippen LogP contribution is -2.33. The number of carbonyl (C=O) groups excluding carboxylic acids is 1. The van der Waals surface area contributed by atoms with Gasteiger partial charge in [-0.2, -0.15) is 0 Å². The number of hydrogen-bond donors (Lipinski definition) is 2. The highest BCUT2D eigenvalue weighted by Gasteiger charge is 2.17. The van der Waals surface area contributed by atoms with Crippen molar-refractivity contribution in [2.24, 2.45) is 0 Å². The van der Waals surface area contributed by atoms with Crippen molar-refractivity contribution in [3.05, 3.63) is 101 Å². The number of benzene rings is 2. The number of aromatic nitrogens is 2. The molecule has 4 aromatic rings. The minimum absolute atomic E-state index is 0.287. The van der Waals surface area contributed by atoms with Crippen LogP contribution in [0.3, 0.4) is 0 Å². The minimum Gasteiger partial charge on any atom is -0.325 e. The van der Waals surface area contributed by atoms with Gasteiger partial charge in [-0.3, -0.25) is 4.98 Å². The van der Waals surface area contributed by atoms with Crippen molar-refractivity contribution in [2.75, 3.05) is 5.32 Å². The normalized spacial score (nSPS) is 11.6. The number of nitrogens with one attached hydrogen (secondary N) is 2. The molecule has 0 saturated carbocycles. The van der Waals surface area contributed by atoms with E-state index in [4.69, 9.17) is 0 Å². The van der Waals surface area contributed by atoms with Crippen LogP contribution in [0.1, 0.15) is 23.0 Å². The average Bonchev–Trinajstić information content (AvgIpc) is 3.19. The van der Waals surface area contributed by atoms with E-state index in [1.165, 1.54) is 0 Å². The Bertz CT molecular complexity index is 1060. The Kier molecular flexibility index (Phi) is 6.41. The molecular formula is C23H20N4OS2. The van der Waals surface area contributed by atoms with Crippen LogP contribution < -0.4 is 10.6 Å². The molecule has 1 atom stereocenters. The summed E-state index contributed by atoms with van der Waals surface area (Å²) in [6.07, 6.45) is 1.73. The summed E-state index contributed by atoms with van der Waals surface area (Å²) in [5.74, 6) is 0. The third-order valence-corrected chi connectivity index (χ3v) is 6.37. The summed E-state index contributed by atoms with van der Waals surface area (Å²) >= 11 is 3.24. The molecule has 0 saturated heterocycles. The van der Waals surface area contributed by atoms with Crippen LogP contribution in [0.15, 0.2) is 93.6 Å². The SMILES string of the molecule is Cc1csc(Sc2ccc(NC(=O)NC(c3ccccc3)c3ccccn3)cc2)n1. The molecule has 5 nitrogen and oxygen atoms in total. The molecule has 0 radical (unpaired) electrons. The number of anilines is 1. The van der Waals surface area contributed by atoms with Crippen molar-refractivity contribution >= 4 is 34.8 Å². The van der Waals surface area contributed by atoms with E-state index in [-0.39, 0.29) is 12.1 Å². The predicted octanol–water partition coefficient (Wildman–Crippen LogP) is 5.91. The van der Waals surface area contributed by atoms with Crippen LogP contribution in [0.5, 0.6) is 0 Å². The summed E-state index contributed by atoms with van der Waals surface area (Å²) in [5.41, 5.74) is 3.50. The van der Waals surface area contributed by atoms with Crippen LogP contribution in [0.4, 0.5) is 10.5 Å². The molecular weight excluding hydrogens is 412 g/mol. The Morgan fingerprint density at radius 1 is 1.00 bits per heavy atom. The van der Waals surface area contributed by atoms with Gasteiger partial charge in [0.25, 0.3) is 0 Å². The fraction of sp³-hybridized carbons (Fsp3) is 0.0870. The first-order valence-corrected chi connectivity index (χ1v) is 11.1.